The van der Waals surface area contributed by atoms with E-state index in [4.69, 9.17) is 16.4 Å². The van der Waals surface area contributed by atoms with Crippen LogP contribution in [0, 0.1) is 0 Å². The molecule has 0 aliphatic carbocycles. The van der Waals surface area contributed by atoms with Crippen LogP contribution in [-0.2, 0) is 27.0 Å². The molecule has 1 atom stereocenters. The van der Waals surface area contributed by atoms with E-state index in [0.717, 1.165) is 24.1 Å². The van der Waals surface area contributed by atoms with Gasteiger partial charge in [-0.1, -0.05) is 47.9 Å². The molecule has 4 rings (SSSR count). The lowest BCUT2D eigenvalue weighted by Crippen LogP contribution is -2.61. The summed E-state index contributed by atoms with van der Waals surface area (Å²) in [6, 6.07) is 10.5. The van der Waals surface area contributed by atoms with Gasteiger partial charge in [-0.05, 0) is 42.7 Å². The minimum absolute atomic E-state index is 0.0253. The summed E-state index contributed by atoms with van der Waals surface area (Å²) in [5.41, 5.74) is -0.713. The number of benzene rings is 2. The number of halogens is 4. The highest BCUT2D eigenvalue weighted by Gasteiger charge is 2.45. The number of rotatable bonds is 5. The second kappa shape index (κ2) is 8.33. The Morgan fingerprint density at radius 1 is 1.18 bits per heavy atom. The first-order valence-corrected chi connectivity index (χ1v) is 11.1. The molecule has 5 nitrogen and oxygen atoms in total. The van der Waals surface area contributed by atoms with Crippen molar-refractivity contribution in [1.82, 2.24) is 4.90 Å². The van der Waals surface area contributed by atoms with Gasteiger partial charge in [-0.15, -0.1) is 0 Å². The molecule has 0 bridgehead atoms. The van der Waals surface area contributed by atoms with E-state index in [2.05, 4.69) is 5.16 Å². The number of nitrogens with zero attached hydrogens (tertiary/aromatic N) is 2. The highest BCUT2D eigenvalue weighted by molar-refractivity contribution is 6.30. The first kappa shape index (κ1) is 23.6. The third-order valence-electron chi connectivity index (χ3n) is 6.17. The quantitative estimate of drug-likeness (QED) is 0.637. The molecule has 0 saturated carbocycles. The summed E-state index contributed by atoms with van der Waals surface area (Å²) in [5, 5.41) is 14.9. The minimum Gasteiger partial charge on any atom is -0.384 e. The standard InChI is InChI=1S/C24H24ClF3N2O3/c1-3-4-21(31)30-13-23(32,14-30)16-7-5-15(6-8-16)20-12-22(2,33-29-20)17-9-18(24(26,27)28)11-19(25)10-17/h5-11,32H,3-4,12-14H2,1-2H3. The average molecular weight is 481 g/mol. The summed E-state index contributed by atoms with van der Waals surface area (Å²) >= 11 is 5.94. The maximum atomic E-state index is 13.2. The SMILES string of the molecule is CCCC(=O)N1CC(O)(c2ccc(C3=NOC(C)(c4cc(Cl)cc(C(F)(F)F)c4)C3)cc2)C1. The summed E-state index contributed by atoms with van der Waals surface area (Å²) in [4.78, 5) is 19.2. The number of likely N-dealkylation sites (tertiary alicyclic amines) is 1. The molecule has 0 aromatic heterocycles. The van der Waals surface area contributed by atoms with Crippen molar-refractivity contribution < 1.29 is 27.9 Å². The van der Waals surface area contributed by atoms with E-state index in [0.29, 0.717) is 23.3 Å². The summed E-state index contributed by atoms with van der Waals surface area (Å²) in [7, 11) is 0. The highest BCUT2D eigenvalue weighted by Crippen LogP contribution is 2.41. The van der Waals surface area contributed by atoms with E-state index in [9.17, 15) is 23.1 Å². The molecule has 0 radical (unpaired) electrons. The van der Waals surface area contributed by atoms with E-state index in [1.54, 1.807) is 36.1 Å². The van der Waals surface area contributed by atoms with Crippen molar-refractivity contribution >= 4 is 23.2 Å². The van der Waals surface area contributed by atoms with Crippen LogP contribution < -0.4 is 0 Å². The summed E-state index contributed by atoms with van der Waals surface area (Å²) in [6.07, 6.45) is -3.04. The van der Waals surface area contributed by atoms with Crippen LogP contribution in [0.3, 0.4) is 0 Å². The van der Waals surface area contributed by atoms with Crippen molar-refractivity contribution in [1.29, 1.82) is 0 Å². The number of oxime groups is 1. The zero-order valence-electron chi connectivity index (χ0n) is 18.2. The number of hydrogen-bond acceptors (Lipinski definition) is 4. The van der Waals surface area contributed by atoms with E-state index >= 15 is 0 Å². The van der Waals surface area contributed by atoms with Gasteiger partial charge in [0.1, 0.15) is 5.60 Å². The normalized spacial score (nSPS) is 21.9. The number of amides is 1. The van der Waals surface area contributed by atoms with E-state index in [1.807, 2.05) is 6.92 Å². The molecule has 1 saturated heterocycles. The van der Waals surface area contributed by atoms with Crippen LogP contribution in [0.4, 0.5) is 13.2 Å². The van der Waals surface area contributed by atoms with E-state index in [-0.39, 0.29) is 30.4 Å². The molecule has 9 heteroatoms. The van der Waals surface area contributed by atoms with Crippen molar-refractivity contribution in [2.75, 3.05) is 13.1 Å². The minimum atomic E-state index is -4.52. The molecule has 1 amide bonds. The maximum Gasteiger partial charge on any atom is 0.416 e. The molecule has 33 heavy (non-hydrogen) atoms. The van der Waals surface area contributed by atoms with Crippen LogP contribution in [0.5, 0.6) is 0 Å². The molecule has 0 spiro atoms. The molecule has 2 aliphatic heterocycles. The molecule has 2 aromatic rings. The molecular formula is C24H24ClF3N2O3. The number of aliphatic hydroxyl groups is 1. The van der Waals surface area contributed by atoms with Crippen LogP contribution in [0.15, 0.2) is 47.6 Å². The van der Waals surface area contributed by atoms with Crippen LogP contribution >= 0.6 is 11.6 Å². The fourth-order valence-corrected chi connectivity index (χ4v) is 4.43. The van der Waals surface area contributed by atoms with Crippen molar-refractivity contribution in [3.05, 3.63) is 69.7 Å². The third kappa shape index (κ3) is 4.59. The summed E-state index contributed by atoms with van der Waals surface area (Å²) in [5.74, 6) is 0.0326. The highest BCUT2D eigenvalue weighted by atomic mass is 35.5. The van der Waals surface area contributed by atoms with Crippen molar-refractivity contribution in [2.45, 2.75) is 50.5 Å². The lowest BCUT2D eigenvalue weighted by atomic mass is 9.84. The predicted molar refractivity (Wildman–Crippen MR) is 118 cm³/mol. The number of alkyl halides is 3. The molecule has 2 aromatic carbocycles. The van der Waals surface area contributed by atoms with Gasteiger partial charge in [0.05, 0.1) is 24.4 Å². The summed E-state index contributed by atoms with van der Waals surface area (Å²) in [6.45, 7) is 4.11. The Balaban J connectivity index is 1.47. The van der Waals surface area contributed by atoms with Crippen molar-refractivity contribution in [3.8, 4) is 0 Å². The van der Waals surface area contributed by atoms with Gasteiger partial charge in [-0.25, -0.2) is 0 Å². The predicted octanol–water partition coefficient (Wildman–Crippen LogP) is 5.23. The Morgan fingerprint density at radius 2 is 1.85 bits per heavy atom. The van der Waals surface area contributed by atoms with Gasteiger partial charge in [-0.3, -0.25) is 4.79 Å². The van der Waals surface area contributed by atoms with Crippen LogP contribution in [0.1, 0.15) is 55.4 Å². The Labute approximate surface area is 194 Å². The molecule has 2 aliphatic rings. The molecule has 1 N–H and O–H groups in total. The van der Waals surface area contributed by atoms with E-state index < -0.39 is 22.9 Å². The maximum absolute atomic E-state index is 13.2. The molecule has 2 heterocycles. The smallest absolute Gasteiger partial charge is 0.384 e. The largest absolute Gasteiger partial charge is 0.416 e. The lowest BCUT2D eigenvalue weighted by molar-refractivity contribution is -0.157. The molecular weight excluding hydrogens is 457 g/mol. The van der Waals surface area contributed by atoms with Crippen molar-refractivity contribution in [2.24, 2.45) is 5.16 Å². The lowest BCUT2D eigenvalue weighted by Gasteiger charge is -2.46. The Kier molecular flexibility index (Phi) is 5.95. The Bertz CT molecular complexity index is 1100. The molecule has 176 valence electrons. The first-order valence-electron chi connectivity index (χ1n) is 10.7. The van der Waals surface area contributed by atoms with Crippen LogP contribution in [0.25, 0.3) is 0 Å². The number of β-amino-alcohol motifs (C(OH)–C–C–N with tert-alkyl or cyclic N) is 1. The molecule has 1 unspecified atom stereocenters. The first-order chi connectivity index (χ1) is 15.4. The van der Waals surface area contributed by atoms with Crippen LogP contribution in [0.2, 0.25) is 5.02 Å². The second-order valence-corrected chi connectivity index (χ2v) is 9.31. The van der Waals surface area contributed by atoms with Gasteiger partial charge in [0.25, 0.3) is 0 Å². The summed E-state index contributed by atoms with van der Waals surface area (Å²) < 4.78 is 39.6. The number of hydrogen-bond donors (Lipinski definition) is 1. The fraction of sp³-hybridized carbons (Fsp3) is 0.417. The second-order valence-electron chi connectivity index (χ2n) is 8.87. The van der Waals surface area contributed by atoms with Gasteiger partial charge < -0.3 is 14.8 Å². The third-order valence-corrected chi connectivity index (χ3v) is 6.39. The van der Waals surface area contributed by atoms with Gasteiger partial charge in [0.2, 0.25) is 5.91 Å². The molecule has 1 fully saturated rings. The van der Waals surface area contributed by atoms with Gasteiger partial charge in [0.15, 0.2) is 5.60 Å². The zero-order valence-corrected chi connectivity index (χ0v) is 19.0. The number of carbonyl (C=O) groups is 1. The van der Waals surface area contributed by atoms with Gasteiger partial charge >= 0.3 is 6.18 Å². The Hall–Kier alpha value is -2.58. The van der Waals surface area contributed by atoms with E-state index in [1.165, 1.54) is 6.07 Å². The van der Waals surface area contributed by atoms with Crippen molar-refractivity contribution in [3.63, 3.8) is 0 Å². The van der Waals surface area contributed by atoms with Gasteiger partial charge in [-0.2, -0.15) is 13.2 Å². The van der Waals surface area contributed by atoms with Crippen LogP contribution in [-0.4, -0.2) is 34.7 Å². The van der Waals surface area contributed by atoms with Gasteiger partial charge in [0, 0.05) is 23.4 Å². The number of carbonyl (C=O) groups excluding carboxylic acids is 1. The Morgan fingerprint density at radius 3 is 2.45 bits per heavy atom. The topological polar surface area (TPSA) is 62.1 Å². The zero-order chi connectivity index (χ0) is 24.0. The average Bonchev–Trinajstić information content (AvgIpc) is 3.14. The fourth-order valence-electron chi connectivity index (χ4n) is 4.20. The monoisotopic (exact) mass is 480 g/mol.